The number of hydrogen-bond acceptors (Lipinski definition) is 6. The zero-order chi connectivity index (χ0) is 21.5. The molecule has 0 amide bonds. The topological polar surface area (TPSA) is 104 Å². The average Bonchev–Trinajstić information content (AvgIpc) is 3.29. The maximum absolute atomic E-state index is 8.12. The SMILES string of the molecule is Cn1cc2c(n1)C(C)(C)CC2.Cn1ncc2c1C(C)(C)CC2.O=C=O.O=C=O. The molecule has 28 heavy (non-hydrogen) atoms. The molecule has 152 valence electrons. The molecule has 2 aromatic rings. The molecule has 0 N–H and O–H groups in total. The van der Waals surface area contributed by atoms with Gasteiger partial charge in [-0.15, -0.1) is 0 Å². The van der Waals surface area contributed by atoms with Gasteiger partial charge in [-0.3, -0.25) is 9.36 Å². The molecule has 0 saturated heterocycles. The van der Waals surface area contributed by atoms with Crippen LogP contribution in [0.15, 0.2) is 12.4 Å². The number of aryl methyl sites for hydroxylation is 4. The Kier molecular flexibility index (Phi) is 7.79. The highest BCUT2D eigenvalue weighted by Crippen LogP contribution is 2.37. The summed E-state index contributed by atoms with van der Waals surface area (Å²) < 4.78 is 3.94. The summed E-state index contributed by atoms with van der Waals surface area (Å²) in [5.74, 6) is 0. The zero-order valence-electron chi connectivity index (χ0n) is 17.4. The van der Waals surface area contributed by atoms with Crippen molar-refractivity contribution in [2.75, 3.05) is 0 Å². The van der Waals surface area contributed by atoms with Crippen molar-refractivity contribution in [2.24, 2.45) is 14.1 Å². The van der Waals surface area contributed by atoms with Crippen LogP contribution in [0.1, 0.15) is 63.1 Å². The number of nitrogens with zero attached hydrogens (tertiary/aromatic N) is 4. The van der Waals surface area contributed by atoms with E-state index < -0.39 is 0 Å². The van der Waals surface area contributed by atoms with Crippen LogP contribution >= 0.6 is 0 Å². The first-order valence-corrected chi connectivity index (χ1v) is 9.07. The molecular formula is C20H28N4O4. The molecule has 2 aliphatic carbocycles. The van der Waals surface area contributed by atoms with E-state index in [1.165, 1.54) is 48.2 Å². The van der Waals surface area contributed by atoms with Gasteiger partial charge in [0.25, 0.3) is 0 Å². The zero-order valence-corrected chi connectivity index (χ0v) is 17.4. The van der Waals surface area contributed by atoms with E-state index in [0.29, 0.717) is 10.8 Å². The molecule has 2 aromatic heterocycles. The van der Waals surface area contributed by atoms with Crippen molar-refractivity contribution in [2.45, 2.75) is 64.2 Å². The molecule has 0 bridgehead atoms. The molecule has 0 aromatic carbocycles. The minimum absolute atomic E-state index is 0.250. The van der Waals surface area contributed by atoms with Crippen LogP contribution in [-0.4, -0.2) is 31.9 Å². The molecule has 0 spiro atoms. The summed E-state index contributed by atoms with van der Waals surface area (Å²) in [6.45, 7) is 9.12. The molecule has 0 saturated carbocycles. The van der Waals surface area contributed by atoms with E-state index in [9.17, 15) is 0 Å². The largest absolute Gasteiger partial charge is 0.373 e. The predicted octanol–water partition coefficient (Wildman–Crippen LogP) is 2.12. The number of carbonyl (C=O) groups excluding carboxylic acids is 4. The Balaban J connectivity index is 0.000000220. The fourth-order valence-corrected chi connectivity index (χ4v) is 3.96. The molecule has 0 atom stereocenters. The quantitative estimate of drug-likeness (QED) is 0.685. The van der Waals surface area contributed by atoms with Gasteiger partial charge in [0.2, 0.25) is 0 Å². The van der Waals surface area contributed by atoms with Gasteiger partial charge in [-0.05, 0) is 36.8 Å². The Hall–Kier alpha value is -2.82. The summed E-state index contributed by atoms with van der Waals surface area (Å²) in [4.78, 5) is 32.5. The van der Waals surface area contributed by atoms with E-state index in [1.807, 2.05) is 29.7 Å². The van der Waals surface area contributed by atoms with Crippen LogP contribution in [-0.2, 0) is 56.9 Å². The number of fused-ring (bicyclic) bond motifs is 2. The highest BCUT2D eigenvalue weighted by Gasteiger charge is 2.33. The van der Waals surface area contributed by atoms with Gasteiger partial charge in [0.1, 0.15) is 0 Å². The van der Waals surface area contributed by atoms with Crippen LogP contribution in [0.25, 0.3) is 0 Å². The second-order valence-corrected chi connectivity index (χ2v) is 8.25. The Bertz CT molecular complexity index is 853. The summed E-state index contributed by atoms with van der Waals surface area (Å²) in [5.41, 5.74) is 6.28. The van der Waals surface area contributed by atoms with Crippen molar-refractivity contribution in [3.8, 4) is 0 Å². The molecule has 2 aliphatic rings. The van der Waals surface area contributed by atoms with Crippen molar-refractivity contribution in [1.82, 2.24) is 19.6 Å². The number of aromatic nitrogens is 4. The monoisotopic (exact) mass is 388 g/mol. The van der Waals surface area contributed by atoms with Crippen LogP contribution in [0.4, 0.5) is 0 Å². The van der Waals surface area contributed by atoms with Crippen LogP contribution in [0.3, 0.4) is 0 Å². The Morgan fingerprint density at radius 3 is 1.89 bits per heavy atom. The number of hydrogen-bond donors (Lipinski definition) is 0. The maximum Gasteiger partial charge on any atom is 0.373 e. The molecule has 8 nitrogen and oxygen atoms in total. The van der Waals surface area contributed by atoms with Crippen molar-refractivity contribution in [1.29, 1.82) is 0 Å². The second-order valence-electron chi connectivity index (χ2n) is 8.25. The summed E-state index contributed by atoms with van der Waals surface area (Å²) in [5, 5.41) is 8.71. The molecule has 4 rings (SSSR count). The van der Waals surface area contributed by atoms with E-state index in [-0.39, 0.29) is 12.3 Å². The third-order valence-corrected chi connectivity index (χ3v) is 5.24. The van der Waals surface area contributed by atoms with Gasteiger partial charge in [-0.25, -0.2) is 0 Å². The van der Waals surface area contributed by atoms with Crippen molar-refractivity contribution >= 4 is 12.3 Å². The van der Waals surface area contributed by atoms with E-state index in [2.05, 4.69) is 44.1 Å². The molecule has 0 aliphatic heterocycles. The van der Waals surface area contributed by atoms with Gasteiger partial charge in [0.05, 0.1) is 11.9 Å². The van der Waals surface area contributed by atoms with Crippen LogP contribution in [0.5, 0.6) is 0 Å². The lowest BCUT2D eigenvalue weighted by atomic mass is 9.91. The van der Waals surface area contributed by atoms with E-state index >= 15 is 0 Å². The molecule has 0 unspecified atom stereocenters. The molecule has 2 heterocycles. The smallest absolute Gasteiger partial charge is 0.275 e. The van der Waals surface area contributed by atoms with E-state index in [1.54, 1.807) is 0 Å². The van der Waals surface area contributed by atoms with Gasteiger partial charge in [-0.2, -0.15) is 29.4 Å². The predicted molar refractivity (Wildman–Crippen MR) is 99.1 cm³/mol. The first-order valence-electron chi connectivity index (χ1n) is 9.07. The Labute approximate surface area is 164 Å². The molecule has 0 fully saturated rings. The minimum Gasteiger partial charge on any atom is -0.275 e. The lowest BCUT2D eigenvalue weighted by Gasteiger charge is -2.18. The van der Waals surface area contributed by atoms with Crippen LogP contribution in [0, 0.1) is 0 Å². The standard InChI is InChI=1S/2C9H14N2.2CO2/c1-9(2)5-4-7-6-11(3)10-8(7)9;1-9(2)5-4-7-6-10-11(3)8(7)9;2*2-1-3/h2*6H,4-5H2,1-3H3;;. The average molecular weight is 388 g/mol. The molecule has 8 heteroatoms. The van der Waals surface area contributed by atoms with Crippen molar-refractivity contribution in [3.05, 3.63) is 34.9 Å². The lowest BCUT2D eigenvalue weighted by molar-refractivity contribution is -0.193. The van der Waals surface area contributed by atoms with Gasteiger partial charge in [-0.1, -0.05) is 27.7 Å². The third-order valence-electron chi connectivity index (χ3n) is 5.24. The normalized spacial score (nSPS) is 16.5. The van der Waals surface area contributed by atoms with Gasteiger partial charge in [0, 0.05) is 36.8 Å². The Morgan fingerprint density at radius 1 is 0.893 bits per heavy atom. The fraction of sp³-hybridized carbons (Fsp3) is 0.600. The van der Waals surface area contributed by atoms with Gasteiger partial charge >= 0.3 is 12.3 Å². The minimum atomic E-state index is 0.250. The van der Waals surface area contributed by atoms with Gasteiger partial charge in [0.15, 0.2) is 0 Å². The second kappa shape index (κ2) is 9.40. The van der Waals surface area contributed by atoms with Gasteiger partial charge < -0.3 is 0 Å². The van der Waals surface area contributed by atoms with E-state index in [4.69, 9.17) is 19.2 Å². The first-order chi connectivity index (χ1) is 13.0. The Morgan fingerprint density at radius 2 is 1.39 bits per heavy atom. The number of rotatable bonds is 0. The maximum atomic E-state index is 8.12. The first kappa shape index (κ1) is 23.2. The summed E-state index contributed by atoms with van der Waals surface area (Å²) in [7, 11) is 4.03. The van der Waals surface area contributed by atoms with Crippen LogP contribution in [0.2, 0.25) is 0 Å². The third kappa shape index (κ3) is 5.35. The summed E-state index contributed by atoms with van der Waals surface area (Å²) in [6, 6.07) is 0. The van der Waals surface area contributed by atoms with Crippen molar-refractivity contribution in [3.63, 3.8) is 0 Å². The molecule has 0 radical (unpaired) electrons. The molecular weight excluding hydrogens is 360 g/mol. The highest BCUT2D eigenvalue weighted by molar-refractivity contribution is 5.31. The highest BCUT2D eigenvalue weighted by atomic mass is 16.2. The lowest BCUT2D eigenvalue weighted by Crippen LogP contribution is -2.17. The van der Waals surface area contributed by atoms with E-state index in [0.717, 1.165) is 0 Å². The summed E-state index contributed by atoms with van der Waals surface area (Å²) >= 11 is 0. The fourth-order valence-electron chi connectivity index (χ4n) is 3.96. The van der Waals surface area contributed by atoms with Crippen molar-refractivity contribution < 1.29 is 19.2 Å². The summed E-state index contributed by atoms with van der Waals surface area (Å²) in [6.07, 6.45) is 9.58. The van der Waals surface area contributed by atoms with Crippen LogP contribution < -0.4 is 0 Å².